The molecule has 110 valence electrons. The number of carbonyl (C=O) groups is 3. The third kappa shape index (κ3) is 1.98. The standard InChI is InChI=1S/C15H17N3O3/c16-13(19)12-11-9(8-4-1-2-5-8)6-3-7-10(11)18(14(12)20)15(17)21/h3,6-8,12H,1-2,4-5H2,(H2,16,19)(H2,17,21). The van der Waals surface area contributed by atoms with Crippen LogP contribution in [0.25, 0.3) is 0 Å². The number of urea groups is 1. The summed E-state index contributed by atoms with van der Waals surface area (Å²) in [6.07, 6.45) is 4.30. The molecule has 3 rings (SSSR count). The molecule has 1 heterocycles. The van der Waals surface area contributed by atoms with Gasteiger partial charge in [0.15, 0.2) is 0 Å². The zero-order valence-electron chi connectivity index (χ0n) is 11.5. The number of carbonyl (C=O) groups excluding carboxylic acids is 3. The highest BCUT2D eigenvalue weighted by atomic mass is 16.2. The molecule has 1 aliphatic carbocycles. The van der Waals surface area contributed by atoms with Crippen molar-refractivity contribution in [3.05, 3.63) is 29.3 Å². The van der Waals surface area contributed by atoms with E-state index in [1.165, 1.54) is 0 Å². The molecular formula is C15H17N3O3. The molecule has 0 saturated heterocycles. The van der Waals surface area contributed by atoms with Crippen molar-refractivity contribution < 1.29 is 14.4 Å². The maximum Gasteiger partial charge on any atom is 0.326 e. The lowest BCUT2D eigenvalue weighted by Gasteiger charge is -2.17. The Balaban J connectivity index is 2.18. The summed E-state index contributed by atoms with van der Waals surface area (Å²) in [5, 5.41) is 0. The van der Waals surface area contributed by atoms with Crippen LogP contribution in [-0.4, -0.2) is 17.8 Å². The van der Waals surface area contributed by atoms with Gasteiger partial charge in [0.1, 0.15) is 5.92 Å². The summed E-state index contributed by atoms with van der Waals surface area (Å²) in [4.78, 5) is 36.5. The average Bonchev–Trinajstić information content (AvgIpc) is 3.01. The Kier molecular flexibility index (Phi) is 3.16. The molecule has 4 N–H and O–H groups in total. The van der Waals surface area contributed by atoms with E-state index in [-0.39, 0.29) is 0 Å². The zero-order chi connectivity index (χ0) is 15.1. The van der Waals surface area contributed by atoms with Gasteiger partial charge in [-0.25, -0.2) is 9.69 Å². The first-order valence-electron chi connectivity index (χ1n) is 7.08. The predicted octanol–water partition coefficient (Wildman–Crippen LogP) is 1.34. The molecule has 4 amide bonds. The predicted molar refractivity (Wildman–Crippen MR) is 76.7 cm³/mol. The van der Waals surface area contributed by atoms with Crippen molar-refractivity contribution in [1.82, 2.24) is 0 Å². The van der Waals surface area contributed by atoms with Gasteiger partial charge >= 0.3 is 6.03 Å². The second-order valence-corrected chi connectivity index (χ2v) is 5.61. The summed E-state index contributed by atoms with van der Waals surface area (Å²) in [6, 6.07) is 4.47. The van der Waals surface area contributed by atoms with Crippen LogP contribution >= 0.6 is 0 Å². The Morgan fingerprint density at radius 1 is 1.14 bits per heavy atom. The summed E-state index contributed by atoms with van der Waals surface area (Å²) < 4.78 is 0. The number of amides is 4. The first kappa shape index (κ1) is 13.6. The topological polar surface area (TPSA) is 106 Å². The molecular weight excluding hydrogens is 270 g/mol. The summed E-state index contributed by atoms with van der Waals surface area (Å²) in [5.74, 6) is -2.18. The van der Waals surface area contributed by atoms with Crippen LogP contribution < -0.4 is 16.4 Å². The normalized spacial score (nSPS) is 21.6. The van der Waals surface area contributed by atoms with Crippen LogP contribution in [0.4, 0.5) is 10.5 Å². The summed E-state index contributed by atoms with van der Waals surface area (Å²) >= 11 is 0. The molecule has 21 heavy (non-hydrogen) atoms. The number of rotatable bonds is 2. The highest BCUT2D eigenvalue weighted by Crippen LogP contribution is 2.45. The van der Waals surface area contributed by atoms with Crippen LogP contribution in [0.3, 0.4) is 0 Å². The number of anilines is 1. The maximum absolute atomic E-state index is 12.3. The molecule has 1 fully saturated rings. The Bertz CT molecular complexity index is 635. The van der Waals surface area contributed by atoms with Gasteiger partial charge in [-0.2, -0.15) is 0 Å². The Labute approximate surface area is 122 Å². The van der Waals surface area contributed by atoms with Crippen molar-refractivity contribution in [1.29, 1.82) is 0 Å². The molecule has 1 atom stereocenters. The largest absolute Gasteiger partial charge is 0.369 e. The van der Waals surface area contributed by atoms with Crippen LogP contribution in [-0.2, 0) is 9.59 Å². The highest BCUT2D eigenvalue weighted by Gasteiger charge is 2.45. The molecule has 0 radical (unpaired) electrons. The van der Waals surface area contributed by atoms with Gasteiger partial charge in [0.05, 0.1) is 5.69 Å². The number of hydrogen-bond donors (Lipinski definition) is 2. The number of benzene rings is 1. The summed E-state index contributed by atoms with van der Waals surface area (Å²) in [7, 11) is 0. The second-order valence-electron chi connectivity index (χ2n) is 5.61. The molecule has 6 heteroatoms. The smallest absolute Gasteiger partial charge is 0.326 e. The van der Waals surface area contributed by atoms with Crippen LogP contribution in [0.2, 0.25) is 0 Å². The van der Waals surface area contributed by atoms with Crippen LogP contribution in [0.15, 0.2) is 18.2 Å². The third-order valence-electron chi connectivity index (χ3n) is 4.41. The monoisotopic (exact) mass is 287 g/mol. The fourth-order valence-electron chi connectivity index (χ4n) is 3.54. The SMILES string of the molecule is NC(=O)C1C(=O)N(C(N)=O)c2cccc(C3CCCC3)c21. The van der Waals surface area contributed by atoms with E-state index < -0.39 is 23.8 Å². The van der Waals surface area contributed by atoms with E-state index in [0.717, 1.165) is 36.1 Å². The van der Waals surface area contributed by atoms with Crippen molar-refractivity contribution in [2.75, 3.05) is 4.90 Å². The maximum atomic E-state index is 12.3. The van der Waals surface area contributed by atoms with Crippen molar-refractivity contribution in [2.24, 2.45) is 11.5 Å². The van der Waals surface area contributed by atoms with Gasteiger partial charge in [-0.3, -0.25) is 9.59 Å². The van der Waals surface area contributed by atoms with Crippen molar-refractivity contribution >= 4 is 23.5 Å². The molecule has 6 nitrogen and oxygen atoms in total. The van der Waals surface area contributed by atoms with Gasteiger partial charge in [0, 0.05) is 5.56 Å². The molecule has 1 aromatic rings. The van der Waals surface area contributed by atoms with E-state index in [1.54, 1.807) is 12.1 Å². The van der Waals surface area contributed by atoms with Gasteiger partial charge in [0.25, 0.3) is 5.91 Å². The molecule has 0 spiro atoms. The first-order valence-corrected chi connectivity index (χ1v) is 7.08. The number of nitrogens with zero attached hydrogens (tertiary/aromatic N) is 1. The fraction of sp³-hybridized carbons (Fsp3) is 0.400. The van der Waals surface area contributed by atoms with Gasteiger partial charge in [-0.15, -0.1) is 0 Å². The van der Waals surface area contributed by atoms with Gasteiger partial charge < -0.3 is 11.5 Å². The molecule has 0 bridgehead atoms. The number of nitrogens with two attached hydrogens (primary N) is 2. The van der Waals surface area contributed by atoms with Crippen LogP contribution in [0, 0.1) is 0 Å². The second kappa shape index (κ2) is 4.87. The lowest BCUT2D eigenvalue weighted by Crippen LogP contribution is -2.41. The van der Waals surface area contributed by atoms with Crippen LogP contribution in [0.5, 0.6) is 0 Å². The minimum atomic E-state index is -1.11. The minimum absolute atomic E-state index is 0.308. The van der Waals surface area contributed by atoms with Gasteiger partial charge in [0.2, 0.25) is 5.91 Å². The molecule has 2 aliphatic rings. The molecule has 1 aromatic carbocycles. The van der Waals surface area contributed by atoms with Crippen LogP contribution in [0.1, 0.15) is 48.6 Å². The number of imide groups is 1. The van der Waals surface area contributed by atoms with E-state index in [1.807, 2.05) is 6.07 Å². The van der Waals surface area contributed by atoms with E-state index in [2.05, 4.69) is 0 Å². The quantitative estimate of drug-likeness (QED) is 0.801. The molecule has 0 aromatic heterocycles. The lowest BCUT2D eigenvalue weighted by molar-refractivity contribution is -0.127. The Morgan fingerprint density at radius 3 is 2.38 bits per heavy atom. The lowest BCUT2D eigenvalue weighted by atomic mass is 9.87. The van der Waals surface area contributed by atoms with E-state index in [0.29, 0.717) is 17.2 Å². The van der Waals surface area contributed by atoms with Crippen molar-refractivity contribution in [3.63, 3.8) is 0 Å². The fourth-order valence-corrected chi connectivity index (χ4v) is 3.54. The molecule has 1 saturated carbocycles. The summed E-state index contributed by atoms with van der Waals surface area (Å²) in [5.41, 5.74) is 12.6. The number of fused-ring (bicyclic) bond motifs is 1. The number of hydrogen-bond acceptors (Lipinski definition) is 3. The molecule has 1 unspecified atom stereocenters. The third-order valence-corrected chi connectivity index (χ3v) is 4.41. The first-order chi connectivity index (χ1) is 10.0. The average molecular weight is 287 g/mol. The number of primary amides is 2. The van der Waals surface area contributed by atoms with Crippen molar-refractivity contribution in [3.8, 4) is 0 Å². The molecule has 1 aliphatic heterocycles. The Morgan fingerprint density at radius 2 is 1.81 bits per heavy atom. The van der Waals surface area contributed by atoms with Gasteiger partial charge in [-0.1, -0.05) is 25.0 Å². The van der Waals surface area contributed by atoms with E-state index >= 15 is 0 Å². The van der Waals surface area contributed by atoms with Crippen molar-refractivity contribution in [2.45, 2.75) is 37.5 Å². The minimum Gasteiger partial charge on any atom is -0.369 e. The van der Waals surface area contributed by atoms with E-state index in [4.69, 9.17) is 11.5 Å². The highest BCUT2D eigenvalue weighted by molar-refractivity contribution is 6.26. The van der Waals surface area contributed by atoms with E-state index in [9.17, 15) is 14.4 Å². The summed E-state index contributed by atoms with van der Waals surface area (Å²) in [6.45, 7) is 0. The zero-order valence-corrected chi connectivity index (χ0v) is 11.5. The Hall–Kier alpha value is -2.37. The van der Waals surface area contributed by atoms with Gasteiger partial charge in [-0.05, 0) is 30.4 Å².